The van der Waals surface area contributed by atoms with Crippen LogP contribution in [0.3, 0.4) is 0 Å². The van der Waals surface area contributed by atoms with E-state index in [1.165, 1.54) is 19.2 Å². The van der Waals surface area contributed by atoms with Crippen molar-refractivity contribution < 1.29 is 17.2 Å². The Morgan fingerprint density at radius 1 is 1.05 bits per heavy atom. The molecule has 0 aliphatic rings. The molecule has 0 unspecified atom stereocenters. The average molecular weight is 326 g/mol. The van der Waals surface area contributed by atoms with Crippen LogP contribution in [0.2, 0.25) is 0 Å². The van der Waals surface area contributed by atoms with E-state index in [9.17, 15) is 17.2 Å². The molecule has 4 nitrogen and oxygen atoms in total. The Hall–Kier alpha value is -1.83. The number of hydrogen-bond donors (Lipinski definition) is 2. The Morgan fingerprint density at radius 3 is 2.55 bits per heavy atom. The third-order valence-electron chi connectivity index (χ3n) is 3.13. The van der Waals surface area contributed by atoms with E-state index in [1.54, 1.807) is 12.1 Å². The van der Waals surface area contributed by atoms with Crippen molar-refractivity contribution in [2.45, 2.75) is 18.0 Å². The maximum Gasteiger partial charge on any atom is 0.240 e. The van der Waals surface area contributed by atoms with Gasteiger partial charge in [0.2, 0.25) is 10.0 Å². The zero-order chi connectivity index (χ0) is 16.2. The van der Waals surface area contributed by atoms with Crippen molar-refractivity contribution in [1.82, 2.24) is 10.0 Å². The van der Waals surface area contributed by atoms with Crippen molar-refractivity contribution in [2.75, 3.05) is 7.05 Å². The van der Waals surface area contributed by atoms with Crippen LogP contribution in [-0.4, -0.2) is 15.5 Å². The second-order valence-electron chi connectivity index (χ2n) is 4.69. The van der Waals surface area contributed by atoms with Crippen LogP contribution in [0.25, 0.3) is 0 Å². The first-order valence-electron chi connectivity index (χ1n) is 6.59. The van der Waals surface area contributed by atoms with Crippen molar-refractivity contribution in [3.8, 4) is 0 Å². The fraction of sp³-hybridized carbons (Fsp3) is 0.200. The first-order valence-corrected chi connectivity index (χ1v) is 8.08. The van der Waals surface area contributed by atoms with Crippen molar-refractivity contribution in [2.24, 2.45) is 0 Å². The molecule has 0 amide bonds. The highest BCUT2D eigenvalue weighted by Crippen LogP contribution is 2.12. The molecule has 0 atom stereocenters. The van der Waals surface area contributed by atoms with E-state index in [1.807, 2.05) is 0 Å². The van der Waals surface area contributed by atoms with E-state index in [2.05, 4.69) is 10.0 Å². The lowest BCUT2D eigenvalue weighted by atomic mass is 10.2. The van der Waals surface area contributed by atoms with Crippen LogP contribution in [0.5, 0.6) is 0 Å². The second kappa shape index (κ2) is 6.95. The molecule has 7 heteroatoms. The Labute approximate surface area is 128 Å². The first-order chi connectivity index (χ1) is 10.4. The predicted molar refractivity (Wildman–Crippen MR) is 79.6 cm³/mol. The molecule has 2 aromatic carbocycles. The normalized spacial score (nSPS) is 11.6. The van der Waals surface area contributed by atoms with Gasteiger partial charge in [0.15, 0.2) is 0 Å². The Bertz CT molecular complexity index is 764. The summed E-state index contributed by atoms with van der Waals surface area (Å²) in [7, 11) is -2.16. The van der Waals surface area contributed by atoms with Gasteiger partial charge in [-0.1, -0.05) is 12.1 Å². The molecule has 0 aliphatic carbocycles. The topological polar surface area (TPSA) is 58.2 Å². The Kier molecular flexibility index (Phi) is 5.23. The molecule has 2 N–H and O–H groups in total. The quantitative estimate of drug-likeness (QED) is 0.855. The summed E-state index contributed by atoms with van der Waals surface area (Å²) < 4.78 is 52.2. The lowest BCUT2D eigenvalue weighted by Crippen LogP contribution is -2.19. The lowest BCUT2D eigenvalue weighted by Gasteiger charge is -2.08. The summed E-state index contributed by atoms with van der Waals surface area (Å²) in [6.07, 6.45) is 0. The van der Waals surface area contributed by atoms with E-state index in [0.29, 0.717) is 6.54 Å². The van der Waals surface area contributed by atoms with Crippen LogP contribution < -0.4 is 10.0 Å². The van der Waals surface area contributed by atoms with Gasteiger partial charge >= 0.3 is 0 Å². The van der Waals surface area contributed by atoms with Crippen LogP contribution in [0.15, 0.2) is 47.4 Å². The maximum absolute atomic E-state index is 13.5. The predicted octanol–water partition coefficient (Wildman–Crippen LogP) is 2.16. The summed E-state index contributed by atoms with van der Waals surface area (Å²) >= 11 is 0. The smallest absolute Gasteiger partial charge is 0.240 e. The molecule has 118 valence electrons. The minimum absolute atomic E-state index is 0.145. The van der Waals surface area contributed by atoms with Gasteiger partial charge in [-0.05, 0) is 42.9 Å². The highest BCUT2D eigenvalue weighted by molar-refractivity contribution is 7.89. The molecule has 2 aromatic rings. The van der Waals surface area contributed by atoms with Gasteiger partial charge in [-0.2, -0.15) is 0 Å². The van der Waals surface area contributed by atoms with Gasteiger partial charge in [0.1, 0.15) is 11.6 Å². The fourth-order valence-corrected chi connectivity index (χ4v) is 2.76. The van der Waals surface area contributed by atoms with Gasteiger partial charge in [-0.15, -0.1) is 0 Å². The minimum atomic E-state index is -3.50. The van der Waals surface area contributed by atoms with Crippen molar-refractivity contribution in [3.05, 3.63) is 65.2 Å². The minimum Gasteiger partial charge on any atom is -0.309 e. The zero-order valence-electron chi connectivity index (χ0n) is 11.9. The van der Waals surface area contributed by atoms with E-state index in [0.717, 1.165) is 23.8 Å². The molecule has 22 heavy (non-hydrogen) atoms. The van der Waals surface area contributed by atoms with Crippen molar-refractivity contribution in [3.63, 3.8) is 0 Å². The summed E-state index contributed by atoms with van der Waals surface area (Å²) in [5, 5.41) is 2.96. The molecule has 0 aliphatic heterocycles. The molecular weight excluding hydrogens is 310 g/mol. The van der Waals surface area contributed by atoms with Crippen LogP contribution in [0.1, 0.15) is 11.1 Å². The van der Waals surface area contributed by atoms with E-state index < -0.39 is 21.7 Å². The number of sulfonamides is 1. The van der Waals surface area contributed by atoms with E-state index in [4.69, 9.17) is 0 Å². The van der Waals surface area contributed by atoms with E-state index in [-0.39, 0.29) is 17.0 Å². The number of benzene rings is 2. The summed E-state index contributed by atoms with van der Waals surface area (Å²) in [5.74, 6) is -0.985. The van der Waals surface area contributed by atoms with Crippen LogP contribution >= 0.6 is 0 Å². The van der Waals surface area contributed by atoms with Crippen LogP contribution in [-0.2, 0) is 23.1 Å². The van der Waals surface area contributed by atoms with Gasteiger partial charge < -0.3 is 5.32 Å². The van der Waals surface area contributed by atoms with Crippen LogP contribution in [0.4, 0.5) is 8.78 Å². The lowest BCUT2D eigenvalue weighted by molar-refractivity contribution is 0.568. The molecule has 2 rings (SSSR count). The first kappa shape index (κ1) is 16.5. The monoisotopic (exact) mass is 326 g/mol. The summed E-state index contributed by atoms with van der Waals surface area (Å²) in [5.41, 5.74) is 0.951. The third kappa shape index (κ3) is 4.09. The molecule has 0 bridgehead atoms. The van der Waals surface area contributed by atoms with Gasteiger partial charge in [-0.3, -0.25) is 0 Å². The number of nitrogens with one attached hydrogen (secondary N) is 2. The third-order valence-corrected chi connectivity index (χ3v) is 4.54. The number of rotatable bonds is 6. The standard InChI is InChI=1S/C15H16F2N2O2S/c1-18-22(20,21)14-4-2-3-11(7-14)9-19-10-12-8-13(16)5-6-15(12)17/h2-8,18-19H,9-10H2,1H3. The average Bonchev–Trinajstić information content (AvgIpc) is 2.51. The van der Waals surface area contributed by atoms with Gasteiger partial charge in [0, 0.05) is 18.7 Å². The van der Waals surface area contributed by atoms with Crippen molar-refractivity contribution >= 4 is 10.0 Å². The largest absolute Gasteiger partial charge is 0.309 e. The molecule has 0 fully saturated rings. The molecule has 0 saturated carbocycles. The second-order valence-corrected chi connectivity index (χ2v) is 6.58. The Morgan fingerprint density at radius 2 is 1.82 bits per heavy atom. The van der Waals surface area contributed by atoms with Gasteiger partial charge in [-0.25, -0.2) is 21.9 Å². The summed E-state index contributed by atoms with van der Waals surface area (Å²) in [6, 6.07) is 9.66. The van der Waals surface area contributed by atoms with Crippen molar-refractivity contribution in [1.29, 1.82) is 0 Å². The molecule has 0 aromatic heterocycles. The number of hydrogen-bond acceptors (Lipinski definition) is 3. The zero-order valence-corrected chi connectivity index (χ0v) is 12.8. The van der Waals surface area contributed by atoms with E-state index >= 15 is 0 Å². The molecular formula is C15H16F2N2O2S. The molecule has 0 saturated heterocycles. The van der Waals surface area contributed by atoms with Gasteiger partial charge in [0.25, 0.3) is 0 Å². The fourth-order valence-electron chi connectivity index (χ4n) is 1.96. The molecule has 0 radical (unpaired) electrons. The SMILES string of the molecule is CNS(=O)(=O)c1cccc(CNCc2cc(F)ccc2F)c1. The summed E-state index contributed by atoms with van der Waals surface area (Å²) in [6.45, 7) is 0.482. The highest BCUT2D eigenvalue weighted by atomic mass is 32.2. The number of halogens is 2. The maximum atomic E-state index is 13.5. The van der Waals surface area contributed by atoms with Crippen LogP contribution in [0, 0.1) is 11.6 Å². The Balaban J connectivity index is 2.03. The summed E-state index contributed by atoms with van der Waals surface area (Å²) in [4.78, 5) is 0.159. The molecule has 0 heterocycles. The molecule has 0 spiro atoms. The van der Waals surface area contributed by atoms with Gasteiger partial charge in [0.05, 0.1) is 4.90 Å². The highest BCUT2D eigenvalue weighted by Gasteiger charge is 2.11.